The van der Waals surface area contributed by atoms with Crippen molar-refractivity contribution < 1.29 is 9.59 Å². The molecule has 3 N–H and O–H groups in total. The molecule has 0 saturated heterocycles. The number of amides is 2. The smallest absolute Gasteiger partial charge is 0.280 e. The minimum absolute atomic E-state index is 0.0183. The van der Waals surface area contributed by atoms with Gasteiger partial charge >= 0.3 is 0 Å². The van der Waals surface area contributed by atoms with Crippen LogP contribution in [0.5, 0.6) is 0 Å². The third kappa shape index (κ3) is 4.67. The maximum absolute atomic E-state index is 13.0. The van der Waals surface area contributed by atoms with E-state index in [1.165, 1.54) is 10.8 Å². The van der Waals surface area contributed by atoms with E-state index in [9.17, 15) is 14.4 Å². The molecule has 0 fully saturated rings. The van der Waals surface area contributed by atoms with Gasteiger partial charge < -0.3 is 11.1 Å². The van der Waals surface area contributed by atoms with Gasteiger partial charge in [-0.1, -0.05) is 30.3 Å². The molecule has 30 heavy (non-hydrogen) atoms. The Bertz CT molecular complexity index is 1170. The first kappa shape index (κ1) is 20.7. The second-order valence-corrected chi connectivity index (χ2v) is 6.72. The van der Waals surface area contributed by atoms with E-state index in [0.717, 1.165) is 5.56 Å². The third-order valence-electron chi connectivity index (χ3n) is 4.45. The van der Waals surface area contributed by atoms with Crippen molar-refractivity contribution in [3.05, 3.63) is 81.9 Å². The maximum Gasteiger partial charge on any atom is 0.280 e. The quantitative estimate of drug-likeness (QED) is 0.611. The van der Waals surface area contributed by atoms with Crippen molar-refractivity contribution in [1.29, 1.82) is 0 Å². The number of nitrogens with one attached hydrogen (secondary N) is 1. The van der Waals surface area contributed by atoms with Crippen LogP contribution in [-0.2, 0) is 22.4 Å². The monoisotopic (exact) mass is 403 g/mol. The highest BCUT2D eigenvalue weighted by atomic mass is 16.2. The second-order valence-electron chi connectivity index (χ2n) is 6.72. The van der Waals surface area contributed by atoms with E-state index >= 15 is 0 Å². The Kier molecular flexibility index (Phi) is 6.17. The standard InChI is InChI=1S/C22H21N5O3/c1-14-8-9-18(26-20(29)11-15-6-4-3-5-7-15)22(30)27(14)21-17(23)10-16(13-25-21)12-19(28)24-2/h3-10,13H,2,11-12,23H2,1H3,(H,26,29). The number of pyridine rings is 2. The summed E-state index contributed by atoms with van der Waals surface area (Å²) in [7, 11) is 0. The highest BCUT2D eigenvalue weighted by Gasteiger charge is 2.15. The van der Waals surface area contributed by atoms with Crippen LogP contribution in [0.2, 0.25) is 0 Å². The summed E-state index contributed by atoms with van der Waals surface area (Å²) in [5.41, 5.74) is 7.99. The molecule has 0 aliphatic rings. The van der Waals surface area contributed by atoms with Crippen molar-refractivity contribution in [1.82, 2.24) is 9.55 Å². The fourth-order valence-corrected chi connectivity index (χ4v) is 3.00. The van der Waals surface area contributed by atoms with Gasteiger partial charge in [0.15, 0.2) is 5.82 Å². The highest BCUT2D eigenvalue weighted by molar-refractivity contribution is 5.92. The van der Waals surface area contributed by atoms with Crippen molar-refractivity contribution in [2.24, 2.45) is 4.99 Å². The molecule has 8 nitrogen and oxygen atoms in total. The summed E-state index contributed by atoms with van der Waals surface area (Å²) >= 11 is 0. The molecule has 0 aliphatic heterocycles. The summed E-state index contributed by atoms with van der Waals surface area (Å²) in [4.78, 5) is 44.4. The predicted molar refractivity (Wildman–Crippen MR) is 116 cm³/mol. The lowest BCUT2D eigenvalue weighted by Gasteiger charge is -2.14. The van der Waals surface area contributed by atoms with Gasteiger partial charge in [0.1, 0.15) is 5.69 Å². The van der Waals surface area contributed by atoms with E-state index in [1.54, 1.807) is 25.1 Å². The third-order valence-corrected chi connectivity index (χ3v) is 4.45. The molecule has 3 rings (SSSR count). The first-order chi connectivity index (χ1) is 14.4. The number of anilines is 2. The number of aromatic nitrogens is 2. The van der Waals surface area contributed by atoms with E-state index in [2.05, 4.69) is 22.0 Å². The number of nitrogens with two attached hydrogens (primary N) is 1. The Morgan fingerprint density at radius 3 is 2.53 bits per heavy atom. The van der Waals surface area contributed by atoms with Crippen LogP contribution in [0.4, 0.5) is 11.4 Å². The maximum atomic E-state index is 13.0. The van der Waals surface area contributed by atoms with Crippen molar-refractivity contribution >= 4 is 29.9 Å². The number of aliphatic imine (C=N–C) groups is 1. The topological polar surface area (TPSA) is 119 Å². The van der Waals surface area contributed by atoms with Crippen LogP contribution >= 0.6 is 0 Å². The zero-order chi connectivity index (χ0) is 21.7. The Morgan fingerprint density at radius 1 is 1.13 bits per heavy atom. The lowest BCUT2D eigenvalue weighted by molar-refractivity contribution is -0.117. The number of nitrogens with zero attached hydrogens (tertiary/aromatic N) is 3. The lowest BCUT2D eigenvalue weighted by atomic mass is 10.1. The van der Waals surface area contributed by atoms with E-state index in [4.69, 9.17) is 5.73 Å². The van der Waals surface area contributed by atoms with Gasteiger partial charge in [-0.2, -0.15) is 0 Å². The predicted octanol–water partition coefficient (Wildman–Crippen LogP) is 2.07. The van der Waals surface area contributed by atoms with Crippen LogP contribution in [-0.4, -0.2) is 28.1 Å². The number of benzene rings is 1. The summed E-state index contributed by atoms with van der Waals surface area (Å²) in [6, 6.07) is 14.0. The Labute approximate surface area is 173 Å². The van der Waals surface area contributed by atoms with Crippen LogP contribution in [0.25, 0.3) is 5.82 Å². The first-order valence-corrected chi connectivity index (χ1v) is 9.20. The van der Waals surface area contributed by atoms with Gasteiger partial charge in [-0.3, -0.25) is 19.0 Å². The number of nitrogen functional groups attached to an aromatic ring is 1. The number of hydrogen-bond donors (Lipinski definition) is 2. The molecule has 3 aromatic rings. The van der Waals surface area contributed by atoms with Gasteiger partial charge in [0.25, 0.3) is 5.56 Å². The van der Waals surface area contributed by atoms with Crippen molar-refractivity contribution in [2.45, 2.75) is 19.8 Å². The van der Waals surface area contributed by atoms with Crippen LogP contribution in [0.15, 0.2) is 64.5 Å². The van der Waals surface area contributed by atoms with Gasteiger partial charge in [-0.25, -0.2) is 9.98 Å². The summed E-state index contributed by atoms with van der Waals surface area (Å²) in [5.74, 6) is -0.486. The van der Waals surface area contributed by atoms with Crippen LogP contribution in [0.3, 0.4) is 0 Å². The Hall–Kier alpha value is -4.07. The fourth-order valence-electron chi connectivity index (χ4n) is 3.00. The first-order valence-electron chi connectivity index (χ1n) is 9.20. The number of aryl methyl sites for hydroxylation is 1. The van der Waals surface area contributed by atoms with E-state index in [1.807, 2.05) is 30.3 Å². The highest BCUT2D eigenvalue weighted by Crippen LogP contribution is 2.18. The molecule has 1 aromatic carbocycles. The molecule has 0 spiro atoms. The van der Waals surface area contributed by atoms with Crippen molar-refractivity contribution in [2.75, 3.05) is 11.1 Å². The zero-order valence-corrected chi connectivity index (χ0v) is 16.5. The molecule has 152 valence electrons. The molecule has 0 unspecified atom stereocenters. The van der Waals surface area contributed by atoms with E-state index in [-0.39, 0.29) is 35.9 Å². The molecule has 0 bridgehead atoms. The largest absolute Gasteiger partial charge is 0.396 e. The van der Waals surface area contributed by atoms with E-state index < -0.39 is 11.5 Å². The normalized spacial score (nSPS) is 10.4. The fraction of sp³-hybridized carbons (Fsp3) is 0.136. The average molecular weight is 403 g/mol. The molecular formula is C22H21N5O3. The van der Waals surface area contributed by atoms with Crippen molar-refractivity contribution in [3.63, 3.8) is 0 Å². The number of hydrogen-bond acceptors (Lipinski definition) is 5. The lowest BCUT2D eigenvalue weighted by Crippen LogP contribution is -2.28. The molecule has 0 atom stereocenters. The number of rotatable bonds is 6. The zero-order valence-electron chi connectivity index (χ0n) is 16.5. The molecule has 8 heteroatoms. The molecule has 0 aliphatic carbocycles. The molecule has 0 saturated carbocycles. The molecule has 2 heterocycles. The Morgan fingerprint density at radius 2 is 1.87 bits per heavy atom. The summed E-state index contributed by atoms with van der Waals surface area (Å²) < 4.78 is 1.32. The number of carbonyl (C=O) groups is 2. The van der Waals surface area contributed by atoms with Gasteiger partial charge in [0, 0.05) is 11.9 Å². The second kappa shape index (κ2) is 8.95. The van der Waals surface area contributed by atoms with Crippen molar-refractivity contribution in [3.8, 4) is 5.82 Å². The number of carbonyl (C=O) groups excluding carboxylic acids is 2. The average Bonchev–Trinajstić information content (AvgIpc) is 2.72. The van der Waals surface area contributed by atoms with Crippen LogP contribution in [0.1, 0.15) is 16.8 Å². The molecular weight excluding hydrogens is 382 g/mol. The molecule has 2 amide bonds. The summed E-state index contributed by atoms with van der Waals surface area (Å²) in [6.45, 7) is 4.93. The molecule has 0 radical (unpaired) electrons. The van der Waals surface area contributed by atoms with E-state index in [0.29, 0.717) is 11.3 Å². The van der Waals surface area contributed by atoms with Gasteiger partial charge in [-0.15, -0.1) is 0 Å². The molecule has 2 aromatic heterocycles. The van der Waals surface area contributed by atoms with Gasteiger partial charge in [-0.05, 0) is 43.0 Å². The van der Waals surface area contributed by atoms with Crippen LogP contribution in [0, 0.1) is 6.92 Å². The minimum Gasteiger partial charge on any atom is -0.396 e. The van der Waals surface area contributed by atoms with Gasteiger partial charge in [0.2, 0.25) is 11.8 Å². The summed E-state index contributed by atoms with van der Waals surface area (Å²) in [6.07, 6.45) is 1.63. The van der Waals surface area contributed by atoms with Crippen LogP contribution < -0.4 is 16.6 Å². The SMILES string of the molecule is C=NC(=O)Cc1cnc(-n2c(C)ccc(NC(=O)Cc3ccccc3)c2=O)c(N)c1. The van der Waals surface area contributed by atoms with Gasteiger partial charge in [0.05, 0.1) is 18.5 Å². The minimum atomic E-state index is -0.452. The summed E-state index contributed by atoms with van der Waals surface area (Å²) in [5, 5.41) is 2.66. The Balaban J connectivity index is 1.89.